The van der Waals surface area contributed by atoms with E-state index in [2.05, 4.69) is 15.5 Å². The summed E-state index contributed by atoms with van der Waals surface area (Å²) in [6.07, 6.45) is 2.40. The van der Waals surface area contributed by atoms with Crippen LogP contribution in [0.4, 0.5) is 14.5 Å². The third-order valence-electron chi connectivity index (χ3n) is 4.25. The van der Waals surface area contributed by atoms with Crippen LogP contribution in [-0.4, -0.2) is 43.0 Å². The Labute approximate surface area is 122 Å². The molecule has 2 saturated heterocycles. The number of nitrogens with one attached hydrogen (secondary N) is 2. The summed E-state index contributed by atoms with van der Waals surface area (Å²) >= 11 is 0. The topological polar surface area (TPSA) is 44.4 Å². The zero-order valence-corrected chi connectivity index (χ0v) is 11.7. The number of carbonyl (C=O) groups is 1. The Bertz CT molecular complexity index is 524. The highest BCUT2D eigenvalue weighted by Gasteiger charge is 2.34. The lowest BCUT2D eigenvalue weighted by Crippen LogP contribution is -2.41. The first-order valence-electron chi connectivity index (χ1n) is 7.32. The van der Waals surface area contributed by atoms with E-state index in [0.717, 1.165) is 31.8 Å². The Kier molecular flexibility index (Phi) is 4.17. The van der Waals surface area contributed by atoms with Crippen molar-refractivity contribution >= 4 is 11.6 Å². The Morgan fingerprint density at radius 3 is 2.95 bits per heavy atom. The van der Waals surface area contributed by atoms with E-state index in [-0.39, 0.29) is 18.1 Å². The van der Waals surface area contributed by atoms with Crippen LogP contribution < -0.4 is 10.6 Å². The number of likely N-dealkylation sites (tertiary alicyclic amines) is 1. The number of hydrogen-bond donors (Lipinski definition) is 2. The number of hydrogen-bond acceptors (Lipinski definition) is 3. The second kappa shape index (κ2) is 6.07. The molecule has 0 spiro atoms. The Morgan fingerprint density at radius 2 is 2.19 bits per heavy atom. The number of amides is 1. The lowest BCUT2D eigenvalue weighted by Gasteiger charge is -2.24. The average molecular weight is 295 g/mol. The molecule has 21 heavy (non-hydrogen) atoms. The summed E-state index contributed by atoms with van der Waals surface area (Å²) in [7, 11) is 0. The van der Waals surface area contributed by atoms with E-state index in [9.17, 15) is 13.6 Å². The fraction of sp³-hybridized carbons (Fsp3) is 0.533. The van der Waals surface area contributed by atoms with Gasteiger partial charge in [0.05, 0.1) is 6.54 Å². The van der Waals surface area contributed by atoms with Crippen LogP contribution in [0.2, 0.25) is 0 Å². The van der Waals surface area contributed by atoms with Gasteiger partial charge < -0.3 is 10.6 Å². The van der Waals surface area contributed by atoms with E-state index in [4.69, 9.17) is 0 Å². The molecule has 2 fully saturated rings. The van der Waals surface area contributed by atoms with Crippen LogP contribution in [0.25, 0.3) is 0 Å². The van der Waals surface area contributed by atoms with Crippen molar-refractivity contribution < 1.29 is 13.6 Å². The molecule has 1 aromatic rings. The minimum absolute atomic E-state index is 0.195. The SMILES string of the molecule is O=C(CN1C[C@@H]2CCCN[C@@H]2C1)Nc1ccc(F)c(F)c1. The van der Waals surface area contributed by atoms with Gasteiger partial charge in [-0.15, -0.1) is 0 Å². The van der Waals surface area contributed by atoms with Gasteiger partial charge in [-0.2, -0.15) is 0 Å². The first-order valence-corrected chi connectivity index (χ1v) is 7.32. The number of anilines is 1. The standard InChI is InChI=1S/C15H19F2N3O/c16-12-4-3-11(6-13(12)17)19-15(21)9-20-7-10-2-1-5-18-14(10)8-20/h3-4,6,10,14,18H,1-2,5,7-9H2,(H,19,21)/t10-,14+/m0/s1. The van der Waals surface area contributed by atoms with Crippen LogP contribution in [0.3, 0.4) is 0 Å². The minimum atomic E-state index is -0.954. The molecule has 114 valence electrons. The molecule has 0 radical (unpaired) electrons. The average Bonchev–Trinajstić information content (AvgIpc) is 2.84. The van der Waals surface area contributed by atoms with Crippen molar-refractivity contribution in [1.29, 1.82) is 0 Å². The molecule has 2 atom stereocenters. The molecular weight excluding hydrogens is 276 g/mol. The number of nitrogens with zero attached hydrogens (tertiary/aromatic N) is 1. The summed E-state index contributed by atoms with van der Waals surface area (Å²) < 4.78 is 25.9. The Balaban J connectivity index is 1.53. The number of piperidine rings is 1. The number of halogens is 2. The summed E-state index contributed by atoms with van der Waals surface area (Å²) in [6, 6.07) is 3.86. The van der Waals surface area contributed by atoms with E-state index >= 15 is 0 Å². The number of carbonyl (C=O) groups excluding carboxylic acids is 1. The van der Waals surface area contributed by atoms with Crippen LogP contribution in [-0.2, 0) is 4.79 Å². The summed E-state index contributed by atoms with van der Waals surface area (Å²) in [4.78, 5) is 14.1. The van der Waals surface area contributed by atoms with Crippen LogP contribution in [0, 0.1) is 17.6 Å². The van der Waals surface area contributed by atoms with Crippen LogP contribution in [0.1, 0.15) is 12.8 Å². The van der Waals surface area contributed by atoms with Crippen LogP contribution in [0.15, 0.2) is 18.2 Å². The van der Waals surface area contributed by atoms with E-state index in [1.807, 2.05) is 0 Å². The predicted molar refractivity (Wildman–Crippen MR) is 75.9 cm³/mol. The first kappa shape index (κ1) is 14.4. The van der Waals surface area contributed by atoms with Gasteiger partial charge >= 0.3 is 0 Å². The molecule has 6 heteroatoms. The molecule has 0 aromatic heterocycles. The molecule has 2 aliphatic rings. The maximum atomic E-state index is 13.1. The zero-order valence-electron chi connectivity index (χ0n) is 11.7. The van der Waals surface area contributed by atoms with Crippen molar-refractivity contribution in [3.8, 4) is 0 Å². The zero-order chi connectivity index (χ0) is 14.8. The summed E-state index contributed by atoms with van der Waals surface area (Å²) in [6.45, 7) is 3.13. The van der Waals surface area contributed by atoms with Crippen molar-refractivity contribution in [3.63, 3.8) is 0 Å². The highest BCUT2D eigenvalue weighted by Crippen LogP contribution is 2.24. The van der Waals surface area contributed by atoms with Crippen LogP contribution in [0.5, 0.6) is 0 Å². The van der Waals surface area contributed by atoms with E-state index in [0.29, 0.717) is 12.0 Å². The van der Waals surface area contributed by atoms with Gasteiger partial charge in [-0.3, -0.25) is 9.69 Å². The minimum Gasteiger partial charge on any atom is -0.325 e. The normalized spacial score (nSPS) is 25.6. The van der Waals surface area contributed by atoms with E-state index < -0.39 is 11.6 Å². The van der Waals surface area contributed by atoms with Gasteiger partial charge in [0.15, 0.2) is 11.6 Å². The van der Waals surface area contributed by atoms with Crippen LogP contribution >= 0.6 is 0 Å². The molecule has 0 aliphatic carbocycles. The number of benzene rings is 1. The number of rotatable bonds is 3. The fourth-order valence-electron chi connectivity index (χ4n) is 3.24. The van der Waals surface area contributed by atoms with Crippen molar-refractivity contribution in [3.05, 3.63) is 29.8 Å². The summed E-state index contributed by atoms with van der Waals surface area (Å²) in [5.41, 5.74) is 0.286. The molecule has 0 unspecified atom stereocenters. The van der Waals surface area contributed by atoms with E-state index in [1.54, 1.807) is 0 Å². The van der Waals surface area contributed by atoms with Gasteiger partial charge in [-0.1, -0.05) is 0 Å². The third-order valence-corrected chi connectivity index (χ3v) is 4.25. The number of fused-ring (bicyclic) bond motifs is 1. The molecule has 0 bridgehead atoms. The van der Waals surface area contributed by atoms with Gasteiger partial charge in [-0.25, -0.2) is 8.78 Å². The molecule has 2 N–H and O–H groups in total. The molecule has 3 rings (SSSR count). The Hall–Kier alpha value is -1.53. The highest BCUT2D eigenvalue weighted by molar-refractivity contribution is 5.92. The largest absolute Gasteiger partial charge is 0.325 e. The molecule has 4 nitrogen and oxygen atoms in total. The van der Waals surface area contributed by atoms with Gasteiger partial charge in [0.25, 0.3) is 0 Å². The second-order valence-corrected chi connectivity index (χ2v) is 5.83. The molecule has 1 aromatic carbocycles. The Morgan fingerprint density at radius 1 is 1.33 bits per heavy atom. The second-order valence-electron chi connectivity index (χ2n) is 5.83. The maximum absolute atomic E-state index is 13.1. The molecule has 0 saturated carbocycles. The first-order chi connectivity index (χ1) is 10.1. The quantitative estimate of drug-likeness (QED) is 0.890. The van der Waals surface area contributed by atoms with Crippen molar-refractivity contribution in [2.75, 3.05) is 31.5 Å². The smallest absolute Gasteiger partial charge is 0.238 e. The summed E-state index contributed by atoms with van der Waals surface area (Å²) in [5.74, 6) is -1.44. The van der Waals surface area contributed by atoms with Gasteiger partial charge in [0.2, 0.25) is 5.91 Å². The monoisotopic (exact) mass is 295 g/mol. The summed E-state index contributed by atoms with van der Waals surface area (Å²) in [5, 5.41) is 6.09. The fourth-order valence-corrected chi connectivity index (χ4v) is 3.24. The third kappa shape index (κ3) is 3.39. The maximum Gasteiger partial charge on any atom is 0.238 e. The van der Waals surface area contributed by atoms with E-state index in [1.165, 1.54) is 18.9 Å². The molecule has 1 amide bonds. The van der Waals surface area contributed by atoms with Crippen molar-refractivity contribution in [2.24, 2.45) is 5.92 Å². The van der Waals surface area contributed by atoms with Crippen molar-refractivity contribution in [2.45, 2.75) is 18.9 Å². The van der Waals surface area contributed by atoms with Gasteiger partial charge in [0.1, 0.15) is 0 Å². The highest BCUT2D eigenvalue weighted by atomic mass is 19.2. The predicted octanol–water partition coefficient (Wildman–Crippen LogP) is 1.59. The van der Waals surface area contributed by atoms with Gasteiger partial charge in [-0.05, 0) is 37.4 Å². The molecular formula is C15H19F2N3O. The lowest BCUT2D eigenvalue weighted by atomic mass is 9.94. The van der Waals surface area contributed by atoms with Crippen molar-refractivity contribution in [1.82, 2.24) is 10.2 Å². The van der Waals surface area contributed by atoms with Gasteiger partial charge in [0, 0.05) is 30.9 Å². The molecule has 2 heterocycles. The molecule has 2 aliphatic heterocycles. The lowest BCUT2D eigenvalue weighted by molar-refractivity contribution is -0.117.